The first-order valence-electron chi connectivity index (χ1n) is 9.70. The zero-order valence-electron chi connectivity index (χ0n) is 17.1. The molecule has 1 heterocycles. The van der Waals surface area contributed by atoms with Crippen LogP contribution in [0.3, 0.4) is 0 Å². The largest absolute Gasteiger partial charge is 0.431 e. The molecule has 1 aliphatic carbocycles. The Bertz CT molecular complexity index is 910. The van der Waals surface area contributed by atoms with Gasteiger partial charge in [0.25, 0.3) is 0 Å². The van der Waals surface area contributed by atoms with Gasteiger partial charge in [-0.2, -0.15) is 0 Å². The number of amides is 1. The van der Waals surface area contributed by atoms with Crippen LogP contribution in [0.5, 0.6) is 0 Å². The Balaban J connectivity index is 1.90. The molecule has 1 aromatic rings. The fraction of sp³-hybridized carbons (Fsp3) is 0.524. The van der Waals surface area contributed by atoms with Crippen molar-refractivity contribution in [3.8, 4) is 0 Å². The first-order chi connectivity index (χ1) is 13.6. The summed E-state index contributed by atoms with van der Waals surface area (Å²) in [6.07, 6.45) is 1.50. The van der Waals surface area contributed by atoms with Gasteiger partial charge in [-0.05, 0) is 24.5 Å². The van der Waals surface area contributed by atoms with Gasteiger partial charge >= 0.3 is 5.97 Å². The molecule has 0 unspecified atom stereocenters. The number of carbonyl (C=O) groups is 2. The van der Waals surface area contributed by atoms with E-state index in [0.717, 1.165) is 9.87 Å². The monoisotopic (exact) mass is 421 g/mol. The summed E-state index contributed by atoms with van der Waals surface area (Å²) in [4.78, 5) is 23.6. The van der Waals surface area contributed by atoms with Crippen LogP contribution in [0.25, 0.3) is 0 Å². The van der Waals surface area contributed by atoms with E-state index in [0.29, 0.717) is 19.0 Å². The number of rotatable bonds is 5. The molecule has 0 saturated carbocycles. The Labute approximate surface area is 171 Å². The third kappa shape index (κ3) is 4.09. The molecule has 158 valence electrons. The van der Waals surface area contributed by atoms with Crippen molar-refractivity contribution in [3.05, 3.63) is 47.7 Å². The van der Waals surface area contributed by atoms with Gasteiger partial charge in [0.2, 0.25) is 15.9 Å². The first kappa shape index (κ1) is 21.5. The zero-order chi connectivity index (χ0) is 21.3. The van der Waals surface area contributed by atoms with E-state index >= 15 is 0 Å². The third-order valence-corrected chi connectivity index (χ3v) is 8.11. The smallest absolute Gasteiger partial charge is 0.307 e. The number of fused-ring (bicyclic) bond motifs is 1. The Morgan fingerprint density at radius 1 is 1.10 bits per heavy atom. The second-order valence-corrected chi connectivity index (χ2v) is 9.73. The Kier molecular flexibility index (Phi) is 6.14. The molecular weight excluding hydrogens is 394 g/mol. The molecule has 2 aliphatic rings. The van der Waals surface area contributed by atoms with Gasteiger partial charge in [0.1, 0.15) is 11.0 Å². The number of hydrogen-bond acceptors (Lipinski definition) is 6. The summed E-state index contributed by atoms with van der Waals surface area (Å²) in [5, 5.41) is -0.919. The van der Waals surface area contributed by atoms with Gasteiger partial charge in [-0.15, -0.1) is 0 Å². The van der Waals surface area contributed by atoms with Crippen molar-refractivity contribution >= 4 is 21.9 Å². The van der Waals surface area contributed by atoms with Gasteiger partial charge in [0.05, 0.1) is 13.2 Å². The molecule has 1 amide bonds. The minimum atomic E-state index is -3.88. The summed E-state index contributed by atoms with van der Waals surface area (Å²) in [5.41, 5.74) is 1.01. The molecule has 1 fully saturated rings. The molecule has 1 aromatic carbocycles. The number of sulfonamides is 1. The molecule has 0 bridgehead atoms. The van der Waals surface area contributed by atoms with Gasteiger partial charge in [0, 0.05) is 31.7 Å². The summed E-state index contributed by atoms with van der Waals surface area (Å²) in [7, 11) is -3.88. The molecule has 5 atom stereocenters. The van der Waals surface area contributed by atoms with Crippen LogP contribution in [0.1, 0.15) is 33.3 Å². The highest BCUT2D eigenvalue weighted by atomic mass is 32.2. The number of esters is 1. The van der Waals surface area contributed by atoms with E-state index in [4.69, 9.17) is 9.47 Å². The molecule has 3 rings (SSSR count). The Hall–Kier alpha value is -2.19. The average molecular weight is 422 g/mol. The van der Waals surface area contributed by atoms with Crippen molar-refractivity contribution in [2.45, 2.75) is 45.6 Å². The van der Waals surface area contributed by atoms with Gasteiger partial charge in [-0.3, -0.25) is 9.59 Å². The fourth-order valence-electron chi connectivity index (χ4n) is 4.55. The average Bonchev–Trinajstić information content (AvgIpc) is 2.83. The lowest BCUT2D eigenvalue weighted by molar-refractivity contribution is -0.138. The number of allylic oxidation sites excluding steroid dienone is 1. The van der Waals surface area contributed by atoms with Crippen LogP contribution in [0.15, 0.2) is 42.2 Å². The molecule has 1 aliphatic heterocycles. The number of nitrogens with zero attached hydrogens (tertiary/aromatic N) is 1. The highest BCUT2D eigenvalue weighted by Crippen LogP contribution is 2.47. The van der Waals surface area contributed by atoms with Gasteiger partial charge in [0.15, 0.2) is 0 Å². The van der Waals surface area contributed by atoms with Crippen LogP contribution in [0.4, 0.5) is 0 Å². The number of benzene rings is 1. The maximum atomic E-state index is 13.0. The molecular formula is C21H27NO6S. The van der Waals surface area contributed by atoms with Gasteiger partial charge in [-0.25, -0.2) is 12.7 Å². The highest BCUT2D eigenvalue weighted by molar-refractivity contribution is 7.90. The topological polar surface area (TPSA) is 90.0 Å². The summed E-state index contributed by atoms with van der Waals surface area (Å²) in [6.45, 7) is 6.89. The lowest BCUT2D eigenvalue weighted by Gasteiger charge is -2.37. The maximum absolute atomic E-state index is 13.0. The van der Waals surface area contributed by atoms with Gasteiger partial charge < -0.3 is 9.47 Å². The van der Waals surface area contributed by atoms with E-state index in [1.165, 1.54) is 19.9 Å². The minimum Gasteiger partial charge on any atom is -0.431 e. The molecule has 0 aromatic heterocycles. The zero-order valence-corrected chi connectivity index (χ0v) is 17.9. The highest BCUT2D eigenvalue weighted by Gasteiger charge is 2.57. The maximum Gasteiger partial charge on any atom is 0.307 e. The van der Waals surface area contributed by atoms with E-state index in [9.17, 15) is 18.0 Å². The van der Waals surface area contributed by atoms with Crippen LogP contribution < -0.4 is 0 Å². The number of ether oxygens (including phenoxy) is 2. The van der Waals surface area contributed by atoms with Crippen molar-refractivity contribution in [1.82, 2.24) is 4.31 Å². The van der Waals surface area contributed by atoms with Crippen LogP contribution in [-0.2, 0) is 35.7 Å². The van der Waals surface area contributed by atoms with Crippen molar-refractivity contribution in [3.63, 3.8) is 0 Å². The van der Waals surface area contributed by atoms with Crippen molar-refractivity contribution in [1.29, 1.82) is 0 Å². The molecule has 0 radical (unpaired) electrons. The van der Waals surface area contributed by atoms with Crippen LogP contribution >= 0.6 is 0 Å². The van der Waals surface area contributed by atoms with Crippen molar-refractivity contribution in [2.75, 3.05) is 6.61 Å². The SMILES string of the molecule is CC(=O)OC1=C[C@@H]2[C@H]([C@@H](COCc3ccccc3)[C@H]1C)[C@@H](C)N(C(C)=O)S2(=O)=O. The van der Waals surface area contributed by atoms with E-state index in [1.807, 2.05) is 37.3 Å². The lowest BCUT2D eigenvalue weighted by Crippen LogP contribution is -2.42. The van der Waals surface area contributed by atoms with Crippen molar-refractivity contribution < 1.29 is 27.5 Å². The van der Waals surface area contributed by atoms with Gasteiger partial charge in [-0.1, -0.05) is 37.3 Å². The minimum absolute atomic E-state index is 0.222. The predicted molar refractivity (Wildman–Crippen MR) is 107 cm³/mol. The van der Waals surface area contributed by atoms with E-state index in [2.05, 4.69) is 0 Å². The standard InChI is InChI=1S/C21H27NO6S/c1-13-18(12-27-11-17-8-6-5-7-9-17)21-14(2)22(15(3)23)29(25,26)20(21)10-19(13)28-16(4)24/h5-10,13-14,18,20-21H,11-12H2,1-4H3/t13-,14-,18+,20-,21+/m1/s1. The van der Waals surface area contributed by atoms with Crippen LogP contribution in [0.2, 0.25) is 0 Å². The van der Waals surface area contributed by atoms with E-state index in [1.54, 1.807) is 6.92 Å². The second kappa shape index (κ2) is 8.28. The lowest BCUT2D eigenvalue weighted by atomic mass is 9.72. The second-order valence-electron chi connectivity index (χ2n) is 7.76. The van der Waals surface area contributed by atoms with Crippen LogP contribution in [-0.4, -0.2) is 42.5 Å². The third-order valence-electron chi connectivity index (χ3n) is 5.83. The molecule has 0 spiro atoms. The fourth-order valence-corrected chi connectivity index (χ4v) is 6.91. The predicted octanol–water partition coefficient (Wildman–Crippen LogP) is 2.48. The summed E-state index contributed by atoms with van der Waals surface area (Å²) in [6, 6.07) is 9.19. The Morgan fingerprint density at radius 3 is 2.34 bits per heavy atom. The summed E-state index contributed by atoms with van der Waals surface area (Å²) < 4.78 is 38.3. The Morgan fingerprint density at radius 2 is 1.76 bits per heavy atom. The molecule has 29 heavy (non-hydrogen) atoms. The van der Waals surface area contributed by atoms with Crippen molar-refractivity contribution in [2.24, 2.45) is 17.8 Å². The number of carbonyl (C=O) groups excluding carboxylic acids is 2. The van der Waals surface area contributed by atoms with E-state index in [-0.39, 0.29) is 17.8 Å². The number of hydrogen-bond donors (Lipinski definition) is 0. The normalized spacial score (nSPS) is 30.4. The molecule has 0 N–H and O–H groups in total. The molecule has 8 heteroatoms. The molecule has 7 nitrogen and oxygen atoms in total. The first-order valence-corrected chi connectivity index (χ1v) is 11.2. The molecule has 1 saturated heterocycles. The quantitative estimate of drug-likeness (QED) is 0.679. The van der Waals surface area contributed by atoms with E-state index < -0.39 is 33.2 Å². The summed E-state index contributed by atoms with van der Waals surface area (Å²) >= 11 is 0. The van der Waals surface area contributed by atoms with Crippen LogP contribution in [0, 0.1) is 17.8 Å². The summed E-state index contributed by atoms with van der Waals surface area (Å²) in [5.74, 6) is -1.47.